The van der Waals surface area contributed by atoms with Crippen LogP contribution in [0.25, 0.3) is 0 Å². The molecular formula is C15H11Cl2NO4. The molecule has 0 radical (unpaired) electrons. The normalized spacial score (nSPS) is 10.3. The molecule has 0 N–H and O–H groups in total. The second-order valence-corrected chi connectivity index (χ2v) is 5.38. The fraction of sp³-hybridized carbons (Fsp3) is 0.133. The van der Waals surface area contributed by atoms with E-state index in [-0.39, 0.29) is 28.8 Å². The van der Waals surface area contributed by atoms with Crippen molar-refractivity contribution in [3.63, 3.8) is 0 Å². The van der Waals surface area contributed by atoms with Gasteiger partial charge >= 0.3 is 5.69 Å². The van der Waals surface area contributed by atoms with Crippen LogP contribution in [-0.4, -0.2) is 17.3 Å². The van der Waals surface area contributed by atoms with Crippen LogP contribution >= 0.6 is 23.2 Å². The maximum absolute atomic E-state index is 12.1. The smallest absolute Gasteiger partial charge is 0.310 e. The van der Waals surface area contributed by atoms with Gasteiger partial charge in [-0.05, 0) is 36.8 Å². The molecule has 0 aliphatic rings. The lowest BCUT2D eigenvalue weighted by Gasteiger charge is -2.07. The highest BCUT2D eigenvalue weighted by atomic mass is 35.5. The molecule has 0 saturated carbocycles. The molecule has 0 spiro atoms. The molecule has 0 aliphatic heterocycles. The summed E-state index contributed by atoms with van der Waals surface area (Å²) >= 11 is 11.6. The van der Waals surface area contributed by atoms with Crippen molar-refractivity contribution in [1.29, 1.82) is 0 Å². The lowest BCUT2D eigenvalue weighted by atomic mass is 10.1. The first-order valence-electron chi connectivity index (χ1n) is 6.24. The Bertz CT molecular complexity index is 746. The quantitative estimate of drug-likeness (QED) is 0.457. The van der Waals surface area contributed by atoms with Gasteiger partial charge in [-0.25, -0.2) is 0 Å². The van der Waals surface area contributed by atoms with Crippen LogP contribution in [0.1, 0.15) is 15.9 Å². The first kappa shape index (κ1) is 16.3. The summed E-state index contributed by atoms with van der Waals surface area (Å²) in [5, 5.41) is 11.5. The first-order valence-corrected chi connectivity index (χ1v) is 7.00. The number of benzene rings is 2. The highest BCUT2D eigenvalue weighted by molar-refractivity contribution is 6.42. The molecule has 0 aliphatic carbocycles. The third-order valence-corrected chi connectivity index (χ3v) is 3.65. The molecule has 2 rings (SSSR count). The molecule has 2 aromatic rings. The summed E-state index contributed by atoms with van der Waals surface area (Å²) in [7, 11) is 0. The van der Waals surface area contributed by atoms with Crippen molar-refractivity contribution in [2.24, 2.45) is 0 Å². The number of ketones is 1. The Morgan fingerprint density at radius 2 is 1.91 bits per heavy atom. The number of nitro benzene ring substituents is 1. The zero-order valence-corrected chi connectivity index (χ0v) is 13.0. The van der Waals surface area contributed by atoms with Gasteiger partial charge in [0.15, 0.2) is 18.1 Å². The van der Waals surface area contributed by atoms with Crippen molar-refractivity contribution >= 4 is 34.7 Å². The average molecular weight is 340 g/mol. The number of carbonyl (C=O) groups excluding carboxylic acids is 1. The van der Waals surface area contributed by atoms with E-state index in [1.54, 1.807) is 13.0 Å². The highest BCUT2D eigenvalue weighted by Crippen LogP contribution is 2.28. The summed E-state index contributed by atoms with van der Waals surface area (Å²) in [6.45, 7) is 1.44. The van der Waals surface area contributed by atoms with Crippen molar-refractivity contribution in [1.82, 2.24) is 0 Å². The lowest BCUT2D eigenvalue weighted by molar-refractivity contribution is -0.385. The van der Waals surface area contributed by atoms with Gasteiger partial charge in [0, 0.05) is 11.6 Å². The largest absolute Gasteiger partial charge is 0.478 e. The van der Waals surface area contributed by atoms with Gasteiger partial charge in [0.1, 0.15) is 0 Å². The van der Waals surface area contributed by atoms with Gasteiger partial charge in [0.25, 0.3) is 0 Å². The minimum absolute atomic E-state index is 0.0541. The SMILES string of the molecule is Cc1ccc([N+](=O)[O-])c(OCC(=O)c2ccc(Cl)c(Cl)c2)c1. The maximum atomic E-state index is 12.1. The summed E-state index contributed by atoms with van der Waals surface area (Å²) in [4.78, 5) is 22.4. The van der Waals surface area contributed by atoms with Gasteiger partial charge in [-0.15, -0.1) is 0 Å². The van der Waals surface area contributed by atoms with E-state index in [4.69, 9.17) is 27.9 Å². The molecule has 0 heterocycles. The molecular weight excluding hydrogens is 329 g/mol. The van der Waals surface area contributed by atoms with E-state index >= 15 is 0 Å². The number of carbonyl (C=O) groups is 1. The minimum Gasteiger partial charge on any atom is -0.478 e. The van der Waals surface area contributed by atoms with Crippen molar-refractivity contribution in [3.05, 3.63) is 67.7 Å². The minimum atomic E-state index is -0.557. The van der Waals surface area contributed by atoms with Gasteiger partial charge < -0.3 is 4.74 Å². The van der Waals surface area contributed by atoms with Crippen molar-refractivity contribution < 1.29 is 14.5 Å². The van der Waals surface area contributed by atoms with Crippen LogP contribution in [0, 0.1) is 17.0 Å². The second kappa shape index (κ2) is 6.77. The van der Waals surface area contributed by atoms with E-state index in [1.807, 2.05) is 0 Å². The predicted octanol–water partition coefficient (Wildman–Crippen LogP) is 4.47. The number of hydrogen-bond donors (Lipinski definition) is 0. The van der Waals surface area contributed by atoms with E-state index < -0.39 is 4.92 Å². The number of aryl methyl sites for hydroxylation is 1. The Morgan fingerprint density at radius 3 is 2.55 bits per heavy atom. The second-order valence-electron chi connectivity index (χ2n) is 4.57. The molecule has 0 atom stereocenters. The summed E-state index contributed by atoms with van der Waals surface area (Å²) in [6, 6.07) is 8.91. The number of ether oxygens (including phenoxy) is 1. The Labute approximate surface area is 136 Å². The van der Waals surface area contributed by atoms with E-state index in [1.165, 1.54) is 30.3 Å². The van der Waals surface area contributed by atoms with Gasteiger partial charge in [-0.3, -0.25) is 14.9 Å². The van der Waals surface area contributed by atoms with Gasteiger partial charge in [0.2, 0.25) is 0 Å². The zero-order valence-electron chi connectivity index (χ0n) is 11.5. The first-order chi connectivity index (χ1) is 10.4. The average Bonchev–Trinajstić information content (AvgIpc) is 2.47. The summed E-state index contributed by atoms with van der Waals surface area (Å²) in [5.74, 6) is -0.298. The summed E-state index contributed by atoms with van der Waals surface area (Å²) < 4.78 is 5.30. The topological polar surface area (TPSA) is 69.4 Å². The number of nitro groups is 1. The van der Waals surface area contributed by atoms with Crippen LogP contribution in [-0.2, 0) is 0 Å². The zero-order chi connectivity index (χ0) is 16.3. The third kappa shape index (κ3) is 3.75. The van der Waals surface area contributed by atoms with E-state index in [0.29, 0.717) is 10.6 Å². The van der Waals surface area contributed by atoms with Crippen molar-refractivity contribution in [2.75, 3.05) is 6.61 Å². The molecule has 0 amide bonds. The summed E-state index contributed by atoms with van der Waals surface area (Å²) in [6.07, 6.45) is 0. The van der Waals surface area contributed by atoms with E-state index in [2.05, 4.69) is 0 Å². The van der Waals surface area contributed by atoms with Crippen molar-refractivity contribution in [3.8, 4) is 5.75 Å². The number of hydrogen-bond acceptors (Lipinski definition) is 4. The molecule has 5 nitrogen and oxygen atoms in total. The molecule has 2 aromatic carbocycles. The number of nitrogens with zero attached hydrogens (tertiary/aromatic N) is 1. The number of Topliss-reactive ketones (excluding diaryl/α,β-unsaturated/α-hetero) is 1. The van der Waals surface area contributed by atoms with E-state index in [0.717, 1.165) is 5.56 Å². The molecule has 0 fully saturated rings. The standard InChI is InChI=1S/C15H11Cl2NO4/c1-9-2-5-13(18(20)21)15(6-9)22-8-14(19)10-3-4-11(16)12(17)7-10/h2-7H,8H2,1H3. The fourth-order valence-electron chi connectivity index (χ4n) is 1.78. The lowest BCUT2D eigenvalue weighted by Crippen LogP contribution is -2.12. The number of halogens is 2. The van der Waals surface area contributed by atoms with Gasteiger partial charge in [-0.2, -0.15) is 0 Å². The van der Waals surface area contributed by atoms with Crippen LogP contribution in [0.15, 0.2) is 36.4 Å². The monoisotopic (exact) mass is 339 g/mol. The third-order valence-electron chi connectivity index (χ3n) is 2.91. The molecule has 0 unspecified atom stereocenters. The van der Waals surface area contributed by atoms with Crippen LogP contribution in [0.2, 0.25) is 10.0 Å². The predicted molar refractivity (Wildman–Crippen MR) is 84.1 cm³/mol. The maximum Gasteiger partial charge on any atom is 0.310 e. The Kier molecular flexibility index (Phi) is 5.00. The number of rotatable bonds is 5. The highest BCUT2D eigenvalue weighted by Gasteiger charge is 2.17. The van der Waals surface area contributed by atoms with Crippen LogP contribution in [0.4, 0.5) is 5.69 Å². The van der Waals surface area contributed by atoms with Gasteiger partial charge in [-0.1, -0.05) is 29.3 Å². The molecule has 0 bridgehead atoms. The molecule has 22 heavy (non-hydrogen) atoms. The van der Waals surface area contributed by atoms with Gasteiger partial charge in [0.05, 0.1) is 15.0 Å². The Balaban J connectivity index is 2.15. The van der Waals surface area contributed by atoms with Crippen molar-refractivity contribution in [2.45, 2.75) is 6.92 Å². The van der Waals surface area contributed by atoms with Crippen LogP contribution in [0.3, 0.4) is 0 Å². The molecule has 0 aromatic heterocycles. The fourth-order valence-corrected chi connectivity index (χ4v) is 2.08. The van der Waals surface area contributed by atoms with E-state index in [9.17, 15) is 14.9 Å². The molecule has 114 valence electrons. The molecule has 7 heteroatoms. The molecule has 0 saturated heterocycles. The Hall–Kier alpha value is -2.11. The Morgan fingerprint density at radius 1 is 1.18 bits per heavy atom. The van der Waals surface area contributed by atoms with Crippen LogP contribution in [0.5, 0.6) is 5.75 Å². The van der Waals surface area contributed by atoms with Crippen LogP contribution < -0.4 is 4.74 Å². The summed E-state index contributed by atoms with van der Waals surface area (Å²) in [5.41, 5.74) is 0.930.